The zero-order valence-electron chi connectivity index (χ0n) is 6.14. The molecule has 0 saturated heterocycles. The maximum absolute atomic E-state index is 9.14. The van der Waals surface area contributed by atoms with Crippen LogP contribution in [0, 0.1) is 0 Å². The molecule has 1 unspecified atom stereocenters. The van der Waals surface area contributed by atoms with Crippen LogP contribution in [0.4, 0.5) is 0 Å². The molecule has 0 saturated carbocycles. The fourth-order valence-electron chi connectivity index (χ4n) is 0.385. The number of allylic oxidation sites excluding steroid dienone is 1. The maximum atomic E-state index is 9.14. The first-order chi connectivity index (χ1) is 4.88. The molecule has 0 aromatic heterocycles. The van der Waals surface area contributed by atoms with Gasteiger partial charge in [0.15, 0.2) is 0 Å². The van der Waals surface area contributed by atoms with Gasteiger partial charge < -0.3 is 9.84 Å². The van der Waals surface area contributed by atoms with Crippen molar-refractivity contribution in [2.24, 2.45) is 0 Å². The SMILES string of the molecule is CO/C(C)=C\C(O)C(Cl)(Cl)Cl. The summed E-state index contributed by atoms with van der Waals surface area (Å²) in [5.41, 5.74) is 0. The molecule has 1 N–H and O–H groups in total. The van der Waals surface area contributed by atoms with Crippen LogP contribution in [0.3, 0.4) is 0 Å². The summed E-state index contributed by atoms with van der Waals surface area (Å²) in [5.74, 6) is 0.504. The van der Waals surface area contributed by atoms with Crippen LogP contribution in [0.25, 0.3) is 0 Å². The Balaban J connectivity index is 4.17. The van der Waals surface area contributed by atoms with Crippen molar-refractivity contribution in [1.29, 1.82) is 0 Å². The van der Waals surface area contributed by atoms with E-state index in [9.17, 15) is 0 Å². The average Bonchev–Trinajstić information content (AvgIpc) is 1.85. The number of hydrogen-bond acceptors (Lipinski definition) is 2. The van der Waals surface area contributed by atoms with E-state index in [1.165, 1.54) is 13.2 Å². The summed E-state index contributed by atoms with van der Waals surface area (Å²) in [4.78, 5) is 0. The molecular weight excluding hydrogens is 210 g/mol. The van der Waals surface area contributed by atoms with E-state index in [1.807, 2.05) is 0 Å². The van der Waals surface area contributed by atoms with Crippen molar-refractivity contribution in [2.75, 3.05) is 7.11 Å². The summed E-state index contributed by atoms with van der Waals surface area (Å²) in [6.45, 7) is 1.65. The lowest BCUT2D eigenvalue weighted by Gasteiger charge is -2.15. The van der Waals surface area contributed by atoms with Gasteiger partial charge in [-0.2, -0.15) is 0 Å². The lowest BCUT2D eigenvalue weighted by atomic mass is 10.3. The summed E-state index contributed by atoms with van der Waals surface area (Å²) in [7, 11) is 1.47. The number of alkyl halides is 3. The van der Waals surface area contributed by atoms with Crippen LogP contribution in [0.15, 0.2) is 11.8 Å². The van der Waals surface area contributed by atoms with Crippen molar-refractivity contribution >= 4 is 34.8 Å². The van der Waals surface area contributed by atoms with Gasteiger partial charge in [-0.1, -0.05) is 34.8 Å². The summed E-state index contributed by atoms with van der Waals surface area (Å²) in [6.07, 6.45) is 0.181. The minimum Gasteiger partial charge on any atom is -0.502 e. The Kier molecular flexibility index (Phi) is 4.56. The third-order valence-corrected chi connectivity index (χ3v) is 1.72. The highest BCUT2D eigenvalue weighted by Crippen LogP contribution is 2.31. The van der Waals surface area contributed by atoms with Gasteiger partial charge in [0.25, 0.3) is 0 Å². The van der Waals surface area contributed by atoms with Gasteiger partial charge in [-0.15, -0.1) is 0 Å². The van der Waals surface area contributed by atoms with E-state index in [1.54, 1.807) is 6.92 Å². The first-order valence-electron chi connectivity index (χ1n) is 2.85. The molecule has 0 amide bonds. The minimum atomic E-state index is -1.69. The van der Waals surface area contributed by atoms with Gasteiger partial charge in [0.1, 0.15) is 6.10 Å². The molecule has 0 radical (unpaired) electrons. The normalized spacial score (nSPS) is 16.4. The zero-order chi connectivity index (χ0) is 9.07. The lowest BCUT2D eigenvalue weighted by Crippen LogP contribution is -2.22. The van der Waals surface area contributed by atoms with E-state index in [-0.39, 0.29) is 0 Å². The van der Waals surface area contributed by atoms with E-state index >= 15 is 0 Å². The van der Waals surface area contributed by atoms with Gasteiger partial charge >= 0.3 is 0 Å². The first kappa shape index (κ1) is 11.4. The molecule has 0 aliphatic carbocycles. The topological polar surface area (TPSA) is 29.5 Å². The van der Waals surface area contributed by atoms with Crippen molar-refractivity contribution in [1.82, 2.24) is 0 Å². The maximum Gasteiger partial charge on any atom is 0.219 e. The summed E-state index contributed by atoms with van der Waals surface area (Å²) < 4.78 is 3.05. The van der Waals surface area contributed by atoms with Crippen LogP contribution >= 0.6 is 34.8 Å². The number of halogens is 3. The molecule has 0 fully saturated rings. The number of rotatable bonds is 2. The highest BCUT2D eigenvalue weighted by molar-refractivity contribution is 6.68. The Morgan fingerprint density at radius 1 is 1.55 bits per heavy atom. The number of methoxy groups -OCH3 is 1. The van der Waals surface area contributed by atoms with Crippen molar-refractivity contribution in [3.8, 4) is 0 Å². The van der Waals surface area contributed by atoms with Crippen LogP contribution in [-0.4, -0.2) is 22.1 Å². The second-order valence-corrected chi connectivity index (χ2v) is 4.34. The fourth-order valence-corrected chi connectivity index (χ4v) is 0.574. The van der Waals surface area contributed by atoms with Crippen LogP contribution in [-0.2, 0) is 4.74 Å². The molecule has 0 aromatic rings. The molecule has 0 spiro atoms. The van der Waals surface area contributed by atoms with Crippen molar-refractivity contribution in [3.63, 3.8) is 0 Å². The quantitative estimate of drug-likeness (QED) is 0.570. The van der Waals surface area contributed by atoms with Gasteiger partial charge in [-0.05, 0) is 13.0 Å². The van der Waals surface area contributed by atoms with Gasteiger partial charge in [-0.25, -0.2) is 0 Å². The van der Waals surface area contributed by atoms with Gasteiger partial charge in [0.2, 0.25) is 3.79 Å². The zero-order valence-corrected chi connectivity index (χ0v) is 8.41. The van der Waals surface area contributed by atoms with E-state index < -0.39 is 9.90 Å². The molecule has 0 aliphatic rings. The second-order valence-electron chi connectivity index (χ2n) is 1.97. The number of aliphatic hydroxyl groups excluding tert-OH is 1. The fraction of sp³-hybridized carbons (Fsp3) is 0.667. The highest BCUT2D eigenvalue weighted by atomic mass is 35.6. The molecule has 0 heterocycles. The average molecular weight is 219 g/mol. The standard InChI is InChI=1S/C6H9Cl3O2/c1-4(11-2)3-5(10)6(7,8)9/h3,5,10H,1-2H3/b4-3-. The third-order valence-electron chi connectivity index (χ3n) is 1.05. The molecule has 2 nitrogen and oxygen atoms in total. The minimum absolute atomic E-state index is 0.504. The monoisotopic (exact) mass is 218 g/mol. The Hall–Kier alpha value is 0.370. The van der Waals surface area contributed by atoms with Crippen molar-refractivity contribution < 1.29 is 9.84 Å². The lowest BCUT2D eigenvalue weighted by molar-refractivity contribution is 0.214. The van der Waals surface area contributed by atoms with E-state index in [0.717, 1.165) is 0 Å². The number of hydrogen-bond donors (Lipinski definition) is 1. The smallest absolute Gasteiger partial charge is 0.219 e. The number of aliphatic hydroxyl groups is 1. The number of ether oxygens (including phenoxy) is 1. The molecule has 0 bridgehead atoms. The first-order valence-corrected chi connectivity index (χ1v) is 3.98. The predicted molar refractivity (Wildman–Crippen MR) is 47.1 cm³/mol. The predicted octanol–water partition coefficient (Wildman–Crippen LogP) is 2.27. The molecule has 11 heavy (non-hydrogen) atoms. The molecule has 1 atom stereocenters. The van der Waals surface area contributed by atoms with Crippen LogP contribution in [0.2, 0.25) is 0 Å². The summed E-state index contributed by atoms with van der Waals surface area (Å²) in [5, 5.41) is 9.14. The molecule has 0 aliphatic heterocycles. The van der Waals surface area contributed by atoms with Crippen molar-refractivity contribution in [2.45, 2.75) is 16.8 Å². The van der Waals surface area contributed by atoms with Crippen LogP contribution < -0.4 is 0 Å². The van der Waals surface area contributed by atoms with Crippen molar-refractivity contribution in [3.05, 3.63) is 11.8 Å². The Bertz CT molecular complexity index is 150. The Labute approximate surface area is 80.7 Å². The largest absolute Gasteiger partial charge is 0.502 e. The molecular formula is C6H9Cl3O2. The molecule has 0 rings (SSSR count). The van der Waals surface area contributed by atoms with Gasteiger partial charge in [0, 0.05) is 0 Å². The highest BCUT2D eigenvalue weighted by Gasteiger charge is 2.29. The van der Waals surface area contributed by atoms with Crippen LogP contribution in [0.1, 0.15) is 6.92 Å². The van der Waals surface area contributed by atoms with Crippen LogP contribution in [0.5, 0.6) is 0 Å². The van der Waals surface area contributed by atoms with E-state index in [4.69, 9.17) is 44.6 Å². The molecule has 66 valence electrons. The third kappa shape index (κ3) is 4.75. The Morgan fingerprint density at radius 3 is 2.27 bits per heavy atom. The molecule has 0 aromatic carbocycles. The summed E-state index contributed by atoms with van der Waals surface area (Å²) >= 11 is 16.1. The Morgan fingerprint density at radius 2 is 2.00 bits per heavy atom. The van der Waals surface area contributed by atoms with Gasteiger partial charge in [0.05, 0.1) is 12.9 Å². The molecule has 5 heteroatoms. The summed E-state index contributed by atoms with van der Waals surface area (Å²) in [6, 6.07) is 0. The van der Waals surface area contributed by atoms with E-state index in [0.29, 0.717) is 5.76 Å². The van der Waals surface area contributed by atoms with Gasteiger partial charge in [-0.3, -0.25) is 0 Å². The van der Waals surface area contributed by atoms with E-state index in [2.05, 4.69) is 0 Å². The second kappa shape index (κ2) is 4.41.